The van der Waals surface area contributed by atoms with Gasteiger partial charge < -0.3 is 15.2 Å². The molecule has 1 aliphatic carbocycles. The number of carbonyl (C=O) groups is 1. The van der Waals surface area contributed by atoms with Crippen LogP contribution in [0.15, 0.2) is 0 Å². The first-order valence-electron chi connectivity index (χ1n) is 7.61. The van der Waals surface area contributed by atoms with E-state index in [4.69, 9.17) is 4.74 Å². The van der Waals surface area contributed by atoms with Crippen LogP contribution in [0.2, 0.25) is 0 Å². The lowest BCUT2D eigenvalue weighted by molar-refractivity contribution is -0.127. The maximum Gasteiger partial charge on any atom is 0.237 e. The molecule has 20 heavy (non-hydrogen) atoms. The van der Waals surface area contributed by atoms with Gasteiger partial charge in [-0.1, -0.05) is 6.92 Å². The molecule has 0 saturated heterocycles. The summed E-state index contributed by atoms with van der Waals surface area (Å²) in [5.74, 6) is 0.837. The molecule has 5 nitrogen and oxygen atoms in total. The van der Waals surface area contributed by atoms with Crippen LogP contribution < -0.4 is 5.32 Å². The quantitative estimate of drug-likeness (QED) is 0.733. The Morgan fingerprint density at radius 2 is 2.00 bits per heavy atom. The van der Waals surface area contributed by atoms with Crippen molar-refractivity contribution in [3.63, 3.8) is 0 Å². The minimum Gasteiger partial charge on any atom is -0.389 e. The van der Waals surface area contributed by atoms with Gasteiger partial charge in [-0.2, -0.15) is 0 Å². The smallest absolute Gasteiger partial charge is 0.237 e. The molecule has 1 rings (SSSR count). The fourth-order valence-electron chi connectivity index (χ4n) is 2.66. The van der Waals surface area contributed by atoms with Crippen LogP contribution in [0.1, 0.15) is 39.5 Å². The molecule has 0 spiro atoms. The van der Waals surface area contributed by atoms with Crippen LogP contribution in [0.25, 0.3) is 0 Å². The highest BCUT2D eigenvalue weighted by molar-refractivity contribution is 5.81. The molecule has 2 N–H and O–H groups in total. The number of aliphatic hydroxyl groups excluding tert-OH is 1. The number of carbonyl (C=O) groups excluding carboxylic acids is 1. The molecule has 2 unspecified atom stereocenters. The van der Waals surface area contributed by atoms with Crippen molar-refractivity contribution >= 4 is 5.91 Å². The van der Waals surface area contributed by atoms with E-state index in [-0.39, 0.29) is 11.9 Å². The number of nitrogens with zero attached hydrogens (tertiary/aromatic N) is 1. The summed E-state index contributed by atoms with van der Waals surface area (Å²) < 4.78 is 4.90. The molecule has 0 heterocycles. The zero-order valence-electron chi connectivity index (χ0n) is 13.3. The minimum atomic E-state index is -0.559. The highest BCUT2D eigenvalue weighted by atomic mass is 16.5. The van der Waals surface area contributed by atoms with Gasteiger partial charge >= 0.3 is 0 Å². The van der Waals surface area contributed by atoms with Crippen molar-refractivity contribution in [2.24, 2.45) is 5.92 Å². The fourth-order valence-corrected chi connectivity index (χ4v) is 2.66. The summed E-state index contributed by atoms with van der Waals surface area (Å²) >= 11 is 0. The topological polar surface area (TPSA) is 61.8 Å². The van der Waals surface area contributed by atoms with Gasteiger partial charge in [-0.25, -0.2) is 0 Å². The van der Waals surface area contributed by atoms with Gasteiger partial charge in [0.2, 0.25) is 5.91 Å². The second-order valence-electron chi connectivity index (χ2n) is 6.19. The average molecular weight is 286 g/mol. The van der Waals surface area contributed by atoms with Crippen LogP contribution in [-0.4, -0.2) is 61.4 Å². The number of aliphatic hydroxyl groups is 1. The third-order valence-electron chi connectivity index (χ3n) is 4.26. The van der Waals surface area contributed by atoms with Crippen LogP contribution in [0, 0.1) is 5.92 Å². The summed E-state index contributed by atoms with van der Waals surface area (Å²) in [7, 11) is 3.41. The first-order chi connectivity index (χ1) is 9.43. The van der Waals surface area contributed by atoms with Crippen molar-refractivity contribution in [2.75, 3.05) is 27.3 Å². The standard InChI is InChI=1S/C15H30N2O3/c1-11-5-7-13(8-6-11)16-15(19)12(2)17(3)9-14(18)10-20-4/h11-14,18H,5-10H2,1-4H3,(H,16,19). The van der Waals surface area contributed by atoms with E-state index in [2.05, 4.69) is 12.2 Å². The van der Waals surface area contributed by atoms with Gasteiger partial charge in [0.15, 0.2) is 0 Å². The van der Waals surface area contributed by atoms with E-state index in [0.29, 0.717) is 19.2 Å². The number of nitrogens with one attached hydrogen (secondary N) is 1. The Morgan fingerprint density at radius 3 is 2.55 bits per heavy atom. The molecule has 1 fully saturated rings. The molecule has 0 aromatic rings. The summed E-state index contributed by atoms with van der Waals surface area (Å²) in [5, 5.41) is 12.8. The molecule has 1 saturated carbocycles. The second-order valence-corrected chi connectivity index (χ2v) is 6.19. The summed E-state index contributed by atoms with van der Waals surface area (Å²) in [6.45, 7) is 4.87. The molecular formula is C15H30N2O3. The molecule has 1 aliphatic rings. The van der Waals surface area contributed by atoms with E-state index in [9.17, 15) is 9.90 Å². The normalized spacial score (nSPS) is 26.3. The summed E-state index contributed by atoms with van der Waals surface area (Å²) in [6, 6.07) is 0.0827. The lowest BCUT2D eigenvalue weighted by Crippen LogP contribution is -2.49. The van der Waals surface area contributed by atoms with Gasteiger partial charge in [0.25, 0.3) is 0 Å². The van der Waals surface area contributed by atoms with Crippen LogP contribution in [-0.2, 0) is 9.53 Å². The lowest BCUT2D eigenvalue weighted by Gasteiger charge is -2.30. The minimum absolute atomic E-state index is 0.0525. The molecule has 2 atom stereocenters. The number of rotatable bonds is 7. The molecule has 5 heteroatoms. The van der Waals surface area contributed by atoms with Gasteiger partial charge in [-0.3, -0.25) is 9.69 Å². The number of hydrogen-bond donors (Lipinski definition) is 2. The molecule has 0 bridgehead atoms. The Hall–Kier alpha value is -0.650. The van der Waals surface area contributed by atoms with E-state index in [1.807, 2.05) is 18.9 Å². The van der Waals surface area contributed by atoms with Crippen molar-refractivity contribution in [3.8, 4) is 0 Å². The SMILES string of the molecule is COCC(O)CN(C)C(C)C(=O)NC1CCC(C)CC1. The fraction of sp³-hybridized carbons (Fsp3) is 0.933. The number of methoxy groups -OCH3 is 1. The van der Waals surface area contributed by atoms with E-state index < -0.39 is 6.10 Å². The highest BCUT2D eigenvalue weighted by Crippen LogP contribution is 2.23. The molecular weight excluding hydrogens is 256 g/mol. The molecule has 0 aliphatic heterocycles. The van der Waals surface area contributed by atoms with E-state index in [1.165, 1.54) is 12.8 Å². The highest BCUT2D eigenvalue weighted by Gasteiger charge is 2.24. The van der Waals surface area contributed by atoms with Crippen molar-refractivity contribution in [3.05, 3.63) is 0 Å². The number of likely N-dealkylation sites (N-methyl/N-ethyl adjacent to an activating group) is 1. The monoisotopic (exact) mass is 286 g/mol. The van der Waals surface area contributed by atoms with Gasteiger partial charge in [-0.05, 0) is 45.6 Å². The predicted octanol–water partition coefficient (Wildman–Crippen LogP) is 1.01. The Labute approximate surface area is 122 Å². The van der Waals surface area contributed by atoms with Crippen LogP contribution in [0.4, 0.5) is 0 Å². The van der Waals surface area contributed by atoms with Crippen LogP contribution >= 0.6 is 0 Å². The molecule has 0 aromatic heterocycles. The second kappa shape index (κ2) is 8.60. The number of amides is 1. The summed E-state index contributed by atoms with van der Waals surface area (Å²) in [5.41, 5.74) is 0. The van der Waals surface area contributed by atoms with Crippen molar-refractivity contribution in [1.82, 2.24) is 10.2 Å². The first-order valence-corrected chi connectivity index (χ1v) is 7.61. The predicted molar refractivity (Wildman–Crippen MR) is 79.5 cm³/mol. The summed E-state index contributed by atoms with van der Waals surface area (Å²) in [6.07, 6.45) is 3.99. The Kier molecular flexibility index (Phi) is 7.48. The van der Waals surface area contributed by atoms with Crippen LogP contribution in [0.3, 0.4) is 0 Å². The average Bonchev–Trinajstić information content (AvgIpc) is 2.40. The van der Waals surface area contributed by atoms with Gasteiger partial charge in [0.05, 0.1) is 18.8 Å². The Balaban J connectivity index is 2.34. The first kappa shape index (κ1) is 17.4. The zero-order chi connectivity index (χ0) is 15.1. The largest absolute Gasteiger partial charge is 0.389 e. The van der Waals surface area contributed by atoms with E-state index >= 15 is 0 Å². The van der Waals surface area contributed by atoms with E-state index in [0.717, 1.165) is 18.8 Å². The molecule has 0 aromatic carbocycles. The number of ether oxygens (including phenoxy) is 1. The van der Waals surface area contributed by atoms with E-state index in [1.54, 1.807) is 7.11 Å². The van der Waals surface area contributed by atoms with Crippen LogP contribution in [0.5, 0.6) is 0 Å². The third kappa shape index (κ3) is 5.77. The number of hydrogen-bond acceptors (Lipinski definition) is 4. The molecule has 118 valence electrons. The van der Waals surface area contributed by atoms with Gasteiger partial charge in [0, 0.05) is 19.7 Å². The maximum absolute atomic E-state index is 12.2. The van der Waals surface area contributed by atoms with Crippen molar-refractivity contribution < 1.29 is 14.6 Å². The Morgan fingerprint density at radius 1 is 1.40 bits per heavy atom. The van der Waals surface area contributed by atoms with Crippen molar-refractivity contribution in [1.29, 1.82) is 0 Å². The Bertz CT molecular complexity index is 291. The molecule has 0 radical (unpaired) electrons. The van der Waals surface area contributed by atoms with Gasteiger partial charge in [0.1, 0.15) is 0 Å². The zero-order valence-corrected chi connectivity index (χ0v) is 13.3. The van der Waals surface area contributed by atoms with Crippen molar-refractivity contribution in [2.45, 2.75) is 57.7 Å². The maximum atomic E-state index is 12.2. The summed E-state index contributed by atoms with van der Waals surface area (Å²) in [4.78, 5) is 14.1. The molecule has 1 amide bonds. The van der Waals surface area contributed by atoms with Gasteiger partial charge in [-0.15, -0.1) is 0 Å². The third-order valence-corrected chi connectivity index (χ3v) is 4.26. The lowest BCUT2D eigenvalue weighted by atomic mass is 9.87.